The number of pyridine rings is 2. The summed E-state index contributed by atoms with van der Waals surface area (Å²) in [5, 5.41) is 0.830. The Morgan fingerprint density at radius 1 is 1.20 bits per heavy atom. The molecule has 0 saturated heterocycles. The predicted molar refractivity (Wildman–Crippen MR) is 74.7 cm³/mol. The minimum atomic E-state index is -0.380. The van der Waals surface area contributed by atoms with Crippen LogP contribution in [0, 0.1) is 5.82 Å². The summed E-state index contributed by atoms with van der Waals surface area (Å²) in [5.41, 5.74) is 7.83. The third-order valence-electron chi connectivity index (χ3n) is 2.92. The molecule has 0 saturated carbocycles. The molecular formula is C15H12FN3O. The van der Waals surface area contributed by atoms with Crippen LogP contribution in [0.4, 0.5) is 10.1 Å². The Hall–Kier alpha value is -2.69. The van der Waals surface area contributed by atoms with E-state index < -0.39 is 0 Å². The van der Waals surface area contributed by atoms with Gasteiger partial charge in [-0.2, -0.15) is 0 Å². The fourth-order valence-corrected chi connectivity index (χ4v) is 1.99. The van der Waals surface area contributed by atoms with E-state index in [9.17, 15) is 4.39 Å². The van der Waals surface area contributed by atoms with Crippen molar-refractivity contribution in [2.75, 3.05) is 5.73 Å². The third-order valence-corrected chi connectivity index (χ3v) is 2.92. The van der Waals surface area contributed by atoms with Crippen molar-refractivity contribution in [2.24, 2.45) is 0 Å². The number of hydrogen-bond donors (Lipinski definition) is 1. The molecule has 4 nitrogen and oxygen atoms in total. The van der Waals surface area contributed by atoms with E-state index in [2.05, 4.69) is 9.97 Å². The molecule has 2 heterocycles. The van der Waals surface area contributed by atoms with Crippen LogP contribution in [0.3, 0.4) is 0 Å². The van der Waals surface area contributed by atoms with Gasteiger partial charge in [0.2, 0.25) is 0 Å². The summed E-state index contributed by atoms with van der Waals surface area (Å²) in [6.07, 6.45) is 4.41. The van der Waals surface area contributed by atoms with Crippen LogP contribution < -0.4 is 10.5 Å². The summed E-state index contributed by atoms with van der Waals surface area (Å²) in [6.45, 7) is 0.235. The molecule has 1 aromatic carbocycles. The van der Waals surface area contributed by atoms with E-state index in [1.165, 1.54) is 6.07 Å². The summed E-state index contributed by atoms with van der Waals surface area (Å²) in [5.74, 6) is 0.279. The Labute approximate surface area is 115 Å². The number of fused-ring (bicyclic) bond motifs is 1. The molecule has 0 bridgehead atoms. The molecule has 2 aromatic heterocycles. The van der Waals surface area contributed by atoms with Gasteiger partial charge in [-0.3, -0.25) is 9.97 Å². The summed E-state index contributed by atoms with van der Waals surface area (Å²) < 4.78 is 18.8. The zero-order chi connectivity index (χ0) is 13.9. The van der Waals surface area contributed by atoms with E-state index >= 15 is 0 Å². The number of nitrogens with zero attached hydrogens (tertiary/aromatic N) is 2. The Kier molecular flexibility index (Phi) is 3.16. The zero-order valence-corrected chi connectivity index (χ0v) is 10.6. The van der Waals surface area contributed by atoms with Gasteiger partial charge in [0.1, 0.15) is 18.2 Å². The van der Waals surface area contributed by atoms with Gasteiger partial charge in [-0.15, -0.1) is 0 Å². The molecule has 0 aliphatic heterocycles. The van der Waals surface area contributed by atoms with Gasteiger partial charge in [0, 0.05) is 23.3 Å². The third kappa shape index (κ3) is 2.38. The quantitative estimate of drug-likeness (QED) is 0.743. The van der Waals surface area contributed by atoms with Crippen LogP contribution >= 0.6 is 0 Å². The molecule has 0 atom stereocenters. The van der Waals surface area contributed by atoms with Crippen molar-refractivity contribution in [1.29, 1.82) is 0 Å². The van der Waals surface area contributed by atoms with Gasteiger partial charge in [0.05, 0.1) is 17.4 Å². The second-order valence-electron chi connectivity index (χ2n) is 4.35. The lowest BCUT2D eigenvalue weighted by atomic mass is 10.1. The highest BCUT2D eigenvalue weighted by Gasteiger charge is 2.06. The minimum absolute atomic E-state index is 0.235. The van der Waals surface area contributed by atoms with Crippen LogP contribution in [0.2, 0.25) is 0 Å². The normalized spacial score (nSPS) is 10.7. The van der Waals surface area contributed by atoms with E-state index in [0.29, 0.717) is 22.5 Å². The molecule has 5 heteroatoms. The van der Waals surface area contributed by atoms with E-state index in [1.54, 1.807) is 24.5 Å². The highest BCUT2D eigenvalue weighted by atomic mass is 19.1. The van der Waals surface area contributed by atoms with Crippen molar-refractivity contribution in [3.8, 4) is 5.75 Å². The number of rotatable bonds is 3. The van der Waals surface area contributed by atoms with Crippen LogP contribution in [-0.4, -0.2) is 9.97 Å². The van der Waals surface area contributed by atoms with Crippen molar-refractivity contribution in [1.82, 2.24) is 9.97 Å². The van der Waals surface area contributed by atoms with Crippen LogP contribution in [0.15, 0.2) is 48.9 Å². The van der Waals surface area contributed by atoms with Crippen LogP contribution in [-0.2, 0) is 6.61 Å². The van der Waals surface area contributed by atoms with Gasteiger partial charge >= 0.3 is 0 Å². The number of aromatic nitrogens is 2. The first kappa shape index (κ1) is 12.3. The van der Waals surface area contributed by atoms with Crippen LogP contribution in [0.25, 0.3) is 10.9 Å². The Balaban J connectivity index is 1.90. The number of hydrogen-bond acceptors (Lipinski definition) is 4. The minimum Gasteiger partial charge on any atom is -0.488 e. The Morgan fingerprint density at radius 2 is 2.10 bits per heavy atom. The van der Waals surface area contributed by atoms with Crippen molar-refractivity contribution in [2.45, 2.75) is 6.61 Å². The monoisotopic (exact) mass is 269 g/mol. The second kappa shape index (κ2) is 5.13. The molecule has 20 heavy (non-hydrogen) atoms. The molecule has 3 rings (SSSR count). The Bertz CT molecular complexity index is 761. The second-order valence-corrected chi connectivity index (χ2v) is 4.35. The summed E-state index contributed by atoms with van der Waals surface area (Å²) in [6, 6.07) is 8.63. The first-order valence-electron chi connectivity index (χ1n) is 6.09. The van der Waals surface area contributed by atoms with Crippen molar-refractivity contribution in [3.63, 3.8) is 0 Å². The molecule has 0 radical (unpaired) electrons. The van der Waals surface area contributed by atoms with Gasteiger partial charge in [0.15, 0.2) is 0 Å². The molecular weight excluding hydrogens is 257 g/mol. The van der Waals surface area contributed by atoms with Crippen molar-refractivity contribution in [3.05, 3.63) is 60.3 Å². The molecule has 3 aromatic rings. The smallest absolute Gasteiger partial charge is 0.141 e. The molecule has 0 aliphatic carbocycles. The number of anilines is 1. The zero-order valence-electron chi connectivity index (χ0n) is 10.6. The van der Waals surface area contributed by atoms with Gasteiger partial charge in [0.25, 0.3) is 0 Å². The van der Waals surface area contributed by atoms with Gasteiger partial charge < -0.3 is 10.5 Å². The van der Waals surface area contributed by atoms with E-state index in [1.807, 2.05) is 12.1 Å². The predicted octanol–water partition coefficient (Wildman–Crippen LogP) is 2.93. The fraction of sp³-hybridized carbons (Fsp3) is 0.0667. The molecule has 2 N–H and O–H groups in total. The van der Waals surface area contributed by atoms with E-state index in [-0.39, 0.29) is 12.4 Å². The number of nitrogens with two attached hydrogens (primary N) is 1. The molecule has 0 aliphatic rings. The lowest BCUT2D eigenvalue weighted by molar-refractivity contribution is 0.309. The summed E-state index contributed by atoms with van der Waals surface area (Å²) >= 11 is 0. The average Bonchev–Trinajstić information content (AvgIpc) is 2.47. The number of halogens is 1. The van der Waals surface area contributed by atoms with Gasteiger partial charge in [-0.1, -0.05) is 0 Å². The molecule has 0 fully saturated rings. The number of nitrogen functional groups attached to an aromatic ring is 1. The van der Waals surface area contributed by atoms with Crippen LogP contribution in [0.1, 0.15) is 5.56 Å². The fourth-order valence-electron chi connectivity index (χ4n) is 1.99. The maximum Gasteiger partial charge on any atom is 0.141 e. The first-order valence-corrected chi connectivity index (χ1v) is 6.09. The van der Waals surface area contributed by atoms with Crippen molar-refractivity contribution >= 4 is 16.6 Å². The van der Waals surface area contributed by atoms with Crippen molar-refractivity contribution < 1.29 is 9.13 Å². The average molecular weight is 269 g/mol. The van der Waals surface area contributed by atoms with Gasteiger partial charge in [-0.25, -0.2) is 4.39 Å². The van der Waals surface area contributed by atoms with E-state index in [4.69, 9.17) is 10.5 Å². The topological polar surface area (TPSA) is 61.0 Å². The number of ether oxygens (including phenoxy) is 1. The standard InChI is InChI=1S/C15H12FN3O/c16-11-6-10(7-18-8-11)9-20-14-4-3-13(17)15-12(14)2-1-5-19-15/h1-8H,9,17H2. The molecule has 0 unspecified atom stereocenters. The first-order chi connectivity index (χ1) is 9.74. The molecule has 100 valence electrons. The Morgan fingerprint density at radius 3 is 2.95 bits per heavy atom. The number of benzene rings is 1. The van der Waals surface area contributed by atoms with E-state index in [0.717, 1.165) is 11.6 Å². The maximum absolute atomic E-state index is 13.1. The molecule has 0 spiro atoms. The van der Waals surface area contributed by atoms with Crippen LogP contribution in [0.5, 0.6) is 5.75 Å². The largest absolute Gasteiger partial charge is 0.488 e. The lowest BCUT2D eigenvalue weighted by Crippen LogP contribution is -1.99. The SMILES string of the molecule is Nc1ccc(OCc2cncc(F)c2)c2cccnc12. The summed E-state index contributed by atoms with van der Waals surface area (Å²) in [4.78, 5) is 8.02. The molecule has 0 amide bonds. The van der Waals surface area contributed by atoms with Gasteiger partial charge in [-0.05, 0) is 30.3 Å². The lowest BCUT2D eigenvalue weighted by Gasteiger charge is -2.10. The maximum atomic E-state index is 13.1. The summed E-state index contributed by atoms with van der Waals surface area (Å²) in [7, 11) is 0. The highest BCUT2D eigenvalue weighted by Crippen LogP contribution is 2.28. The highest BCUT2D eigenvalue weighted by molar-refractivity contribution is 5.93.